The van der Waals surface area contributed by atoms with Crippen molar-refractivity contribution in [2.75, 3.05) is 6.61 Å². The number of halogens is 1. The van der Waals surface area contributed by atoms with Gasteiger partial charge in [0.1, 0.15) is 4.60 Å². The highest BCUT2D eigenvalue weighted by molar-refractivity contribution is 9.10. The van der Waals surface area contributed by atoms with Crippen LogP contribution in [0.3, 0.4) is 0 Å². The first-order valence-corrected chi connectivity index (χ1v) is 5.68. The van der Waals surface area contributed by atoms with Crippen molar-refractivity contribution in [3.63, 3.8) is 0 Å². The molecule has 0 radical (unpaired) electrons. The number of hydrogen-bond acceptors (Lipinski definition) is 4. The van der Waals surface area contributed by atoms with E-state index in [-0.39, 0.29) is 0 Å². The predicted octanol–water partition coefficient (Wildman–Crippen LogP) is 2.12. The number of rotatable bonds is 2. The van der Waals surface area contributed by atoms with Crippen molar-refractivity contribution in [3.8, 4) is 5.88 Å². The maximum absolute atomic E-state index is 11.7. The van der Waals surface area contributed by atoms with Crippen LogP contribution >= 0.6 is 15.9 Å². The van der Waals surface area contributed by atoms with Gasteiger partial charge in [-0.3, -0.25) is 0 Å². The zero-order valence-corrected chi connectivity index (χ0v) is 10.6. The van der Waals surface area contributed by atoms with Crippen molar-refractivity contribution in [1.82, 2.24) is 9.78 Å². The lowest BCUT2D eigenvalue weighted by Crippen LogP contribution is -2.12. The Bertz CT molecular complexity index is 465. The van der Waals surface area contributed by atoms with Crippen molar-refractivity contribution >= 4 is 21.9 Å². The molecule has 1 aromatic heterocycles. The highest BCUT2D eigenvalue weighted by Crippen LogP contribution is 2.30. The SMILES string of the molecule is CCOC(=O)c1c(Br)nn2c1OC=C(C)C2. The van der Waals surface area contributed by atoms with Crippen LogP contribution in [0.2, 0.25) is 0 Å². The summed E-state index contributed by atoms with van der Waals surface area (Å²) in [6, 6.07) is 0. The Morgan fingerprint density at radius 1 is 1.75 bits per heavy atom. The Labute approximate surface area is 101 Å². The van der Waals surface area contributed by atoms with Gasteiger partial charge < -0.3 is 9.47 Å². The summed E-state index contributed by atoms with van der Waals surface area (Å²) in [5, 5.41) is 4.17. The van der Waals surface area contributed by atoms with E-state index in [1.807, 2.05) is 6.92 Å². The topological polar surface area (TPSA) is 53.3 Å². The number of esters is 1. The molecular weight excluding hydrogens is 276 g/mol. The minimum absolute atomic E-state index is 0.324. The molecule has 16 heavy (non-hydrogen) atoms. The summed E-state index contributed by atoms with van der Waals surface area (Å²) in [5.41, 5.74) is 1.38. The van der Waals surface area contributed by atoms with E-state index in [0.717, 1.165) is 5.57 Å². The molecule has 0 spiro atoms. The van der Waals surface area contributed by atoms with E-state index in [1.165, 1.54) is 0 Å². The highest BCUT2D eigenvalue weighted by atomic mass is 79.9. The number of allylic oxidation sites excluding steroid dienone is 1. The van der Waals surface area contributed by atoms with Gasteiger partial charge in [-0.1, -0.05) is 0 Å². The first-order valence-electron chi connectivity index (χ1n) is 4.89. The fourth-order valence-corrected chi connectivity index (χ4v) is 1.97. The summed E-state index contributed by atoms with van der Waals surface area (Å²) >= 11 is 3.23. The molecule has 0 aliphatic carbocycles. The van der Waals surface area contributed by atoms with Crippen LogP contribution in [0.1, 0.15) is 24.2 Å². The molecule has 0 bridgehead atoms. The number of carbonyl (C=O) groups is 1. The van der Waals surface area contributed by atoms with Gasteiger partial charge >= 0.3 is 5.97 Å². The van der Waals surface area contributed by atoms with Crippen LogP contribution in [-0.4, -0.2) is 22.4 Å². The lowest BCUT2D eigenvalue weighted by molar-refractivity contribution is 0.0521. The normalized spacial score (nSPS) is 13.8. The molecule has 0 N–H and O–H groups in total. The van der Waals surface area contributed by atoms with E-state index in [0.29, 0.717) is 29.2 Å². The van der Waals surface area contributed by atoms with Gasteiger partial charge in [-0.15, -0.1) is 0 Å². The molecule has 0 saturated heterocycles. The fourth-order valence-electron chi connectivity index (χ4n) is 1.45. The minimum Gasteiger partial charge on any atom is -0.462 e. The first-order chi connectivity index (χ1) is 7.63. The zero-order valence-electron chi connectivity index (χ0n) is 8.99. The van der Waals surface area contributed by atoms with E-state index >= 15 is 0 Å². The van der Waals surface area contributed by atoms with Gasteiger partial charge in [0.25, 0.3) is 0 Å². The second-order valence-electron chi connectivity index (χ2n) is 3.43. The maximum atomic E-state index is 11.7. The van der Waals surface area contributed by atoms with Crippen molar-refractivity contribution < 1.29 is 14.3 Å². The van der Waals surface area contributed by atoms with Crippen LogP contribution in [0.25, 0.3) is 0 Å². The van der Waals surface area contributed by atoms with E-state index in [2.05, 4.69) is 21.0 Å². The summed E-state index contributed by atoms with van der Waals surface area (Å²) in [5.74, 6) is -0.000460. The van der Waals surface area contributed by atoms with Crippen molar-refractivity contribution in [3.05, 3.63) is 22.0 Å². The zero-order chi connectivity index (χ0) is 11.7. The summed E-state index contributed by atoms with van der Waals surface area (Å²) in [6.07, 6.45) is 1.62. The Morgan fingerprint density at radius 3 is 3.19 bits per heavy atom. The van der Waals surface area contributed by atoms with Gasteiger partial charge in [0.05, 0.1) is 19.4 Å². The van der Waals surface area contributed by atoms with Crippen LogP contribution in [0.4, 0.5) is 0 Å². The van der Waals surface area contributed by atoms with Crippen LogP contribution in [0.5, 0.6) is 5.88 Å². The van der Waals surface area contributed by atoms with Crippen LogP contribution in [-0.2, 0) is 11.3 Å². The largest absolute Gasteiger partial charge is 0.462 e. The van der Waals surface area contributed by atoms with Gasteiger partial charge in [0.15, 0.2) is 5.56 Å². The Hall–Kier alpha value is -1.30. The molecule has 0 saturated carbocycles. The standard InChI is InChI=1S/C10H11BrN2O3/c1-3-15-10(14)7-8(11)12-13-4-6(2)5-16-9(7)13/h5H,3-4H2,1-2H3. The number of nitrogens with zero attached hydrogens (tertiary/aromatic N) is 2. The second-order valence-corrected chi connectivity index (χ2v) is 4.18. The van der Waals surface area contributed by atoms with E-state index in [4.69, 9.17) is 9.47 Å². The third-order valence-electron chi connectivity index (χ3n) is 2.11. The molecule has 0 atom stereocenters. The number of aromatic nitrogens is 2. The van der Waals surface area contributed by atoms with Crippen LogP contribution < -0.4 is 4.74 Å². The lowest BCUT2D eigenvalue weighted by atomic mass is 10.3. The molecule has 5 nitrogen and oxygen atoms in total. The van der Waals surface area contributed by atoms with Gasteiger partial charge in [0.2, 0.25) is 5.88 Å². The van der Waals surface area contributed by atoms with Gasteiger partial charge in [-0.2, -0.15) is 5.10 Å². The lowest BCUT2D eigenvalue weighted by Gasteiger charge is -2.13. The summed E-state index contributed by atoms with van der Waals surface area (Å²) in [4.78, 5) is 11.7. The average molecular weight is 287 g/mol. The van der Waals surface area contributed by atoms with Crippen LogP contribution in [0.15, 0.2) is 16.4 Å². The first kappa shape index (κ1) is 11.2. The molecule has 2 rings (SSSR count). The fraction of sp³-hybridized carbons (Fsp3) is 0.400. The molecule has 2 heterocycles. The molecule has 1 aromatic rings. The molecule has 1 aliphatic rings. The average Bonchev–Trinajstić information content (AvgIpc) is 2.53. The third-order valence-corrected chi connectivity index (χ3v) is 2.67. The van der Waals surface area contributed by atoms with Gasteiger partial charge in [0, 0.05) is 0 Å². The van der Waals surface area contributed by atoms with E-state index < -0.39 is 5.97 Å². The molecule has 0 amide bonds. The minimum atomic E-state index is -0.427. The molecule has 0 unspecified atom stereocenters. The third kappa shape index (κ3) is 1.84. The van der Waals surface area contributed by atoms with E-state index in [9.17, 15) is 4.79 Å². The van der Waals surface area contributed by atoms with Crippen LogP contribution in [0, 0.1) is 0 Å². The molecule has 6 heteroatoms. The van der Waals surface area contributed by atoms with Crippen molar-refractivity contribution in [1.29, 1.82) is 0 Å². The monoisotopic (exact) mass is 286 g/mol. The number of carbonyl (C=O) groups excluding carboxylic acids is 1. The van der Waals surface area contributed by atoms with Gasteiger partial charge in [-0.05, 0) is 35.4 Å². The molecule has 0 aromatic carbocycles. The number of fused-ring (bicyclic) bond motifs is 1. The number of hydrogen-bond donors (Lipinski definition) is 0. The second kappa shape index (κ2) is 4.29. The Balaban J connectivity index is 2.38. The molecule has 0 fully saturated rings. The Kier molecular flexibility index (Phi) is 3.00. The molecule has 1 aliphatic heterocycles. The number of ether oxygens (including phenoxy) is 2. The van der Waals surface area contributed by atoms with E-state index in [1.54, 1.807) is 17.9 Å². The maximum Gasteiger partial charge on any atom is 0.346 e. The summed E-state index contributed by atoms with van der Waals surface area (Å²) in [6.45, 7) is 4.63. The van der Waals surface area contributed by atoms with Crippen molar-refractivity contribution in [2.45, 2.75) is 20.4 Å². The predicted molar refractivity (Wildman–Crippen MR) is 60.3 cm³/mol. The highest BCUT2D eigenvalue weighted by Gasteiger charge is 2.26. The summed E-state index contributed by atoms with van der Waals surface area (Å²) in [7, 11) is 0. The Morgan fingerprint density at radius 2 is 2.50 bits per heavy atom. The van der Waals surface area contributed by atoms with Crippen molar-refractivity contribution in [2.24, 2.45) is 0 Å². The van der Waals surface area contributed by atoms with Gasteiger partial charge in [-0.25, -0.2) is 9.48 Å². The molecular formula is C10H11BrN2O3. The summed E-state index contributed by atoms with van der Waals surface area (Å²) < 4.78 is 12.4. The quantitative estimate of drug-likeness (QED) is 0.782. The molecule has 86 valence electrons. The smallest absolute Gasteiger partial charge is 0.346 e.